The molecule has 3 aromatic rings. The van der Waals surface area contributed by atoms with Crippen molar-refractivity contribution in [2.75, 3.05) is 11.1 Å². The highest BCUT2D eigenvalue weighted by molar-refractivity contribution is 7.86. The van der Waals surface area contributed by atoms with Crippen molar-refractivity contribution in [3.05, 3.63) is 59.7 Å². The Labute approximate surface area is 149 Å². The third kappa shape index (κ3) is 3.32. The largest absolute Gasteiger partial charge is 0.508 e. The molecular formula is C18H16N2O5S. The molecule has 0 spiro atoms. The van der Waals surface area contributed by atoms with Gasteiger partial charge >= 0.3 is 0 Å². The SMILES string of the molecule is Cc1ccc(C(=O)Nc2ccc(S(=O)(=O)O)c3cc(O)ccc23)cc1N. The summed E-state index contributed by atoms with van der Waals surface area (Å²) in [6.07, 6.45) is 0. The molecule has 0 unspecified atom stereocenters. The van der Waals surface area contributed by atoms with Gasteiger partial charge in [-0.1, -0.05) is 6.07 Å². The highest BCUT2D eigenvalue weighted by Crippen LogP contribution is 2.32. The molecule has 3 rings (SSSR count). The number of aromatic hydroxyl groups is 1. The molecule has 134 valence electrons. The number of nitrogens with two attached hydrogens (primary N) is 1. The zero-order valence-electron chi connectivity index (χ0n) is 13.7. The quantitative estimate of drug-likeness (QED) is 0.413. The molecule has 0 aliphatic heterocycles. The molecule has 0 aliphatic rings. The fourth-order valence-corrected chi connectivity index (χ4v) is 3.31. The lowest BCUT2D eigenvalue weighted by Gasteiger charge is -2.12. The van der Waals surface area contributed by atoms with Crippen LogP contribution in [-0.4, -0.2) is 24.0 Å². The van der Waals surface area contributed by atoms with Crippen LogP contribution in [0, 0.1) is 6.92 Å². The summed E-state index contributed by atoms with van der Waals surface area (Å²) in [4.78, 5) is 12.1. The van der Waals surface area contributed by atoms with Crippen LogP contribution in [0.5, 0.6) is 5.75 Å². The number of nitrogen functional groups attached to an aromatic ring is 1. The number of aryl methyl sites for hydroxylation is 1. The summed E-state index contributed by atoms with van der Waals surface area (Å²) < 4.78 is 32.5. The van der Waals surface area contributed by atoms with E-state index in [-0.39, 0.29) is 16.0 Å². The van der Waals surface area contributed by atoms with Gasteiger partial charge in [0.15, 0.2) is 0 Å². The fourth-order valence-electron chi connectivity index (χ4n) is 2.62. The zero-order chi connectivity index (χ0) is 19.1. The molecule has 0 saturated heterocycles. The van der Waals surface area contributed by atoms with Gasteiger partial charge in [0.2, 0.25) is 0 Å². The second-order valence-corrected chi connectivity index (χ2v) is 7.23. The molecule has 0 saturated carbocycles. The molecule has 0 bridgehead atoms. The molecule has 7 nitrogen and oxygen atoms in total. The zero-order valence-corrected chi connectivity index (χ0v) is 14.5. The number of amides is 1. The Hall–Kier alpha value is -3.10. The molecule has 0 heterocycles. The van der Waals surface area contributed by atoms with Gasteiger partial charge in [-0.3, -0.25) is 9.35 Å². The first-order chi connectivity index (χ1) is 12.2. The van der Waals surface area contributed by atoms with Crippen LogP contribution in [0.1, 0.15) is 15.9 Å². The Kier molecular flexibility index (Phi) is 4.31. The number of anilines is 2. The Morgan fingerprint density at radius 3 is 2.42 bits per heavy atom. The van der Waals surface area contributed by atoms with Gasteiger partial charge in [-0.05, 0) is 55.0 Å². The van der Waals surface area contributed by atoms with Gasteiger partial charge in [0, 0.05) is 27.7 Å². The van der Waals surface area contributed by atoms with E-state index in [9.17, 15) is 22.9 Å². The van der Waals surface area contributed by atoms with E-state index in [4.69, 9.17) is 5.73 Å². The predicted octanol–water partition coefficient (Wildman–Crippen LogP) is 2.94. The van der Waals surface area contributed by atoms with Crippen molar-refractivity contribution in [2.45, 2.75) is 11.8 Å². The Morgan fingerprint density at radius 1 is 1.04 bits per heavy atom. The van der Waals surface area contributed by atoms with Crippen LogP contribution >= 0.6 is 0 Å². The van der Waals surface area contributed by atoms with Gasteiger partial charge in [-0.15, -0.1) is 0 Å². The first-order valence-electron chi connectivity index (χ1n) is 7.57. The number of carbonyl (C=O) groups is 1. The van der Waals surface area contributed by atoms with Crippen molar-refractivity contribution in [3.63, 3.8) is 0 Å². The third-order valence-electron chi connectivity index (χ3n) is 4.03. The van der Waals surface area contributed by atoms with Crippen LogP contribution in [0.15, 0.2) is 53.4 Å². The van der Waals surface area contributed by atoms with E-state index in [1.165, 1.54) is 24.3 Å². The lowest BCUT2D eigenvalue weighted by atomic mass is 10.1. The van der Waals surface area contributed by atoms with E-state index in [0.717, 1.165) is 11.6 Å². The summed E-state index contributed by atoms with van der Waals surface area (Å²) in [5.41, 5.74) is 7.83. The van der Waals surface area contributed by atoms with Crippen molar-refractivity contribution < 1.29 is 22.9 Å². The molecule has 0 radical (unpaired) electrons. The summed E-state index contributed by atoms with van der Waals surface area (Å²) in [6, 6.07) is 11.5. The van der Waals surface area contributed by atoms with E-state index in [1.807, 2.05) is 6.92 Å². The van der Waals surface area contributed by atoms with Gasteiger partial charge in [0.1, 0.15) is 10.6 Å². The lowest BCUT2D eigenvalue weighted by molar-refractivity contribution is 0.102. The second-order valence-electron chi connectivity index (χ2n) is 5.84. The molecule has 1 amide bonds. The average Bonchev–Trinajstić information content (AvgIpc) is 2.56. The normalized spacial score (nSPS) is 11.5. The minimum Gasteiger partial charge on any atom is -0.508 e. The number of phenolic OH excluding ortho intramolecular Hbond substituents is 1. The van der Waals surface area contributed by atoms with Gasteiger partial charge in [0.05, 0.1) is 0 Å². The van der Waals surface area contributed by atoms with Crippen LogP contribution < -0.4 is 11.1 Å². The molecule has 8 heteroatoms. The van der Waals surface area contributed by atoms with E-state index in [0.29, 0.717) is 22.3 Å². The summed E-state index contributed by atoms with van der Waals surface area (Å²) >= 11 is 0. The van der Waals surface area contributed by atoms with Crippen LogP contribution in [0.25, 0.3) is 10.8 Å². The van der Waals surface area contributed by atoms with Gasteiger partial charge in [0.25, 0.3) is 16.0 Å². The first-order valence-corrected chi connectivity index (χ1v) is 9.01. The van der Waals surface area contributed by atoms with Crippen molar-refractivity contribution in [1.29, 1.82) is 0 Å². The highest BCUT2D eigenvalue weighted by Gasteiger charge is 2.18. The maximum absolute atomic E-state index is 12.5. The van der Waals surface area contributed by atoms with Crippen LogP contribution in [0.4, 0.5) is 11.4 Å². The first kappa shape index (κ1) is 17.7. The molecule has 3 aromatic carbocycles. The smallest absolute Gasteiger partial charge is 0.295 e. The number of hydrogen-bond donors (Lipinski definition) is 4. The van der Waals surface area contributed by atoms with Crippen molar-refractivity contribution in [3.8, 4) is 5.75 Å². The Balaban J connectivity index is 2.08. The number of benzene rings is 3. The Morgan fingerprint density at radius 2 is 1.77 bits per heavy atom. The fraction of sp³-hybridized carbons (Fsp3) is 0.0556. The number of carbonyl (C=O) groups excluding carboxylic acids is 1. The lowest BCUT2D eigenvalue weighted by Crippen LogP contribution is -2.13. The standard InChI is InChI=1S/C18H16N2O5S/c1-10-2-3-11(8-15(10)19)18(22)20-16-6-7-17(26(23,24)25)14-9-12(21)4-5-13(14)16/h2-9,21H,19H2,1H3,(H,20,22)(H,23,24,25). The van der Waals surface area contributed by atoms with Crippen molar-refractivity contribution in [1.82, 2.24) is 0 Å². The van der Waals surface area contributed by atoms with E-state index in [1.54, 1.807) is 18.2 Å². The molecule has 0 fully saturated rings. The maximum atomic E-state index is 12.5. The van der Waals surface area contributed by atoms with Crippen molar-refractivity contribution in [2.24, 2.45) is 0 Å². The monoisotopic (exact) mass is 372 g/mol. The molecule has 26 heavy (non-hydrogen) atoms. The van der Waals surface area contributed by atoms with Crippen LogP contribution in [0.2, 0.25) is 0 Å². The molecular weight excluding hydrogens is 356 g/mol. The summed E-state index contributed by atoms with van der Waals surface area (Å²) in [5.74, 6) is -0.595. The number of phenols is 1. The van der Waals surface area contributed by atoms with Gasteiger partial charge < -0.3 is 16.2 Å². The van der Waals surface area contributed by atoms with E-state index in [2.05, 4.69) is 5.32 Å². The van der Waals surface area contributed by atoms with Gasteiger partial charge in [-0.25, -0.2) is 0 Å². The Bertz CT molecular complexity index is 1140. The van der Waals surface area contributed by atoms with Crippen molar-refractivity contribution >= 4 is 38.2 Å². The minimum absolute atomic E-state index is 0.0914. The summed E-state index contributed by atoms with van der Waals surface area (Å²) in [5, 5.41) is 12.8. The highest BCUT2D eigenvalue weighted by atomic mass is 32.2. The van der Waals surface area contributed by atoms with Crippen LogP contribution in [0.3, 0.4) is 0 Å². The molecule has 0 atom stereocenters. The number of hydrogen-bond acceptors (Lipinski definition) is 5. The number of fused-ring (bicyclic) bond motifs is 1. The summed E-state index contributed by atoms with van der Waals surface area (Å²) in [6.45, 7) is 1.82. The molecule has 0 aliphatic carbocycles. The maximum Gasteiger partial charge on any atom is 0.295 e. The van der Waals surface area contributed by atoms with E-state index >= 15 is 0 Å². The average molecular weight is 372 g/mol. The molecule has 5 N–H and O–H groups in total. The third-order valence-corrected chi connectivity index (χ3v) is 4.94. The van der Waals surface area contributed by atoms with E-state index < -0.39 is 16.0 Å². The number of rotatable bonds is 3. The number of nitrogens with one attached hydrogen (secondary N) is 1. The topological polar surface area (TPSA) is 130 Å². The summed E-state index contributed by atoms with van der Waals surface area (Å²) in [7, 11) is -4.49. The van der Waals surface area contributed by atoms with Gasteiger partial charge in [-0.2, -0.15) is 8.42 Å². The van der Waals surface area contributed by atoms with Crippen LogP contribution in [-0.2, 0) is 10.1 Å². The predicted molar refractivity (Wildman–Crippen MR) is 99.0 cm³/mol. The molecule has 0 aromatic heterocycles. The second kappa shape index (κ2) is 6.32. The minimum atomic E-state index is -4.49.